The van der Waals surface area contributed by atoms with E-state index in [1.54, 1.807) is 12.1 Å². The Morgan fingerprint density at radius 1 is 1.30 bits per heavy atom. The number of piperidine rings is 1. The summed E-state index contributed by atoms with van der Waals surface area (Å²) in [6, 6.07) is 7.03. The van der Waals surface area contributed by atoms with Gasteiger partial charge < -0.3 is 4.79 Å². The van der Waals surface area contributed by atoms with Crippen LogP contribution in [0, 0.1) is 0 Å². The van der Waals surface area contributed by atoms with Crippen molar-refractivity contribution < 1.29 is 4.79 Å². The number of aldehydes is 1. The summed E-state index contributed by atoms with van der Waals surface area (Å²) in [7, 11) is 0. The molecule has 104 valence electrons. The van der Waals surface area contributed by atoms with Gasteiger partial charge in [0.2, 0.25) is 0 Å². The van der Waals surface area contributed by atoms with Gasteiger partial charge in [0.15, 0.2) is 0 Å². The molecule has 6 heteroatoms. The van der Waals surface area contributed by atoms with Crippen molar-refractivity contribution in [3.05, 3.63) is 34.6 Å². The molecule has 0 saturated carbocycles. The van der Waals surface area contributed by atoms with E-state index in [9.17, 15) is 9.59 Å². The molecule has 0 bridgehead atoms. The van der Waals surface area contributed by atoms with Gasteiger partial charge in [0.25, 0.3) is 5.56 Å². The van der Waals surface area contributed by atoms with Crippen LogP contribution < -0.4 is 5.56 Å². The number of likely N-dealkylation sites (tertiary alicyclic amines) is 1. The summed E-state index contributed by atoms with van der Waals surface area (Å²) >= 11 is 0. The lowest BCUT2D eigenvalue weighted by Crippen LogP contribution is -2.44. The van der Waals surface area contributed by atoms with Gasteiger partial charge in [-0.1, -0.05) is 23.8 Å². The van der Waals surface area contributed by atoms with Crippen LogP contribution in [0.15, 0.2) is 29.1 Å². The van der Waals surface area contributed by atoms with Gasteiger partial charge in [0.05, 0.1) is 18.1 Å². The SMILES string of the molecule is O=CC1CCCCN1Cn1nnc2ccccc2c1=O. The first-order valence-corrected chi connectivity index (χ1v) is 6.81. The number of carbonyl (C=O) groups is 1. The number of nitrogens with zero attached hydrogens (tertiary/aromatic N) is 4. The predicted molar refractivity (Wildman–Crippen MR) is 74.2 cm³/mol. The topological polar surface area (TPSA) is 68.1 Å². The molecule has 6 nitrogen and oxygen atoms in total. The molecule has 0 N–H and O–H groups in total. The Kier molecular flexibility index (Phi) is 3.56. The van der Waals surface area contributed by atoms with Crippen LogP contribution in [0.2, 0.25) is 0 Å². The van der Waals surface area contributed by atoms with Gasteiger partial charge in [-0.3, -0.25) is 9.69 Å². The molecule has 3 rings (SSSR count). The van der Waals surface area contributed by atoms with Crippen molar-refractivity contribution in [1.82, 2.24) is 19.9 Å². The average Bonchev–Trinajstić information content (AvgIpc) is 2.51. The van der Waals surface area contributed by atoms with Crippen LogP contribution in [0.3, 0.4) is 0 Å². The molecule has 0 aliphatic carbocycles. The lowest BCUT2D eigenvalue weighted by molar-refractivity contribution is -0.114. The van der Waals surface area contributed by atoms with Gasteiger partial charge in [0, 0.05) is 6.54 Å². The molecule has 1 aliphatic rings. The van der Waals surface area contributed by atoms with Crippen LogP contribution in [0.5, 0.6) is 0 Å². The highest BCUT2D eigenvalue weighted by molar-refractivity contribution is 5.76. The van der Waals surface area contributed by atoms with Crippen LogP contribution in [0.25, 0.3) is 10.9 Å². The van der Waals surface area contributed by atoms with E-state index in [2.05, 4.69) is 10.3 Å². The maximum atomic E-state index is 12.3. The molecule has 0 spiro atoms. The minimum atomic E-state index is -0.161. The van der Waals surface area contributed by atoms with Crippen LogP contribution in [-0.4, -0.2) is 38.8 Å². The number of benzene rings is 1. The maximum Gasteiger partial charge on any atom is 0.278 e. The van der Waals surface area contributed by atoms with Crippen molar-refractivity contribution in [1.29, 1.82) is 0 Å². The predicted octanol–water partition coefficient (Wildman–Crippen LogP) is 0.802. The Labute approximate surface area is 116 Å². The highest BCUT2D eigenvalue weighted by Crippen LogP contribution is 2.15. The molecule has 1 aromatic heterocycles. The Morgan fingerprint density at radius 3 is 3.00 bits per heavy atom. The van der Waals surface area contributed by atoms with Crippen molar-refractivity contribution >= 4 is 17.2 Å². The molecule has 2 heterocycles. The molecule has 1 saturated heterocycles. The molecule has 1 unspecified atom stereocenters. The first kappa shape index (κ1) is 12.9. The molecule has 1 atom stereocenters. The Balaban J connectivity index is 1.92. The fourth-order valence-electron chi connectivity index (χ4n) is 2.63. The molecule has 1 aliphatic heterocycles. The summed E-state index contributed by atoms with van der Waals surface area (Å²) in [5, 5.41) is 8.58. The Hall–Kier alpha value is -2.08. The van der Waals surface area contributed by atoms with Crippen molar-refractivity contribution in [2.24, 2.45) is 0 Å². The standard InChI is InChI=1S/C14H16N4O2/c19-9-11-5-3-4-8-17(11)10-18-14(20)12-6-1-2-7-13(12)15-16-18/h1-2,6-7,9,11H,3-5,8,10H2. The van der Waals surface area contributed by atoms with E-state index >= 15 is 0 Å². The van der Waals surface area contributed by atoms with E-state index in [0.29, 0.717) is 17.6 Å². The van der Waals surface area contributed by atoms with Gasteiger partial charge in [0.1, 0.15) is 11.8 Å². The minimum Gasteiger partial charge on any atom is -0.302 e. The molecule has 1 aromatic carbocycles. The average molecular weight is 272 g/mol. The van der Waals surface area contributed by atoms with E-state index in [0.717, 1.165) is 32.1 Å². The van der Waals surface area contributed by atoms with Crippen molar-refractivity contribution in [2.75, 3.05) is 6.54 Å². The number of carbonyl (C=O) groups excluding carboxylic acids is 1. The number of rotatable bonds is 3. The van der Waals surface area contributed by atoms with Gasteiger partial charge >= 0.3 is 0 Å². The zero-order valence-electron chi connectivity index (χ0n) is 11.1. The second-order valence-corrected chi connectivity index (χ2v) is 5.06. The fourth-order valence-corrected chi connectivity index (χ4v) is 2.63. The third-order valence-electron chi connectivity index (χ3n) is 3.77. The summed E-state index contributed by atoms with van der Waals surface area (Å²) < 4.78 is 1.34. The highest BCUT2D eigenvalue weighted by Gasteiger charge is 2.22. The lowest BCUT2D eigenvalue weighted by atomic mass is 10.0. The largest absolute Gasteiger partial charge is 0.302 e. The second kappa shape index (κ2) is 5.50. The first-order valence-electron chi connectivity index (χ1n) is 6.81. The van der Waals surface area contributed by atoms with E-state index in [1.165, 1.54) is 4.68 Å². The number of hydrogen-bond donors (Lipinski definition) is 0. The van der Waals surface area contributed by atoms with Gasteiger partial charge in [-0.15, -0.1) is 5.10 Å². The lowest BCUT2D eigenvalue weighted by Gasteiger charge is -2.31. The van der Waals surface area contributed by atoms with Gasteiger partial charge in [-0.25, -0.2) is 0 Å². The molecule has 0 amide bonds. The van der Waals surface area contributed by atoms with E-state index in [1.807, 2.05) is 17.0 Å². The molecule has 2 aromatic rings. The molecular formula is C14H16N4O2. The van der Waals surface area contributed by atoms with Gasteiger partial charge in [-0.2, -0.15) is 4.68 Å². The molecule has 1 fully saturated rings. The Bertz CT molecular complexity index is 682. The third kappa shape index (κ3) is 2.34. The van der Waals surface area contributed by atoms with E-state index in [-0.39, 0.29) is 11.6 Å². The summed E-state index contributed by atoms with van der Waals surface area (Å²) in [6.45, 7) is 1.13. The van der Waals surface area contributed by atoms with Crippen molar-refractivity contribution in [3.8, 4) is 0 Å². The second-order valence-electron chi connectivity index (χ2n) is 5.06. The first-order chi connectivity index (χ1) is 9.79. The van der Waals surface area contributed by atoms with Crippen molar-refractivity contribution in [2.45, 2.75) is 32.0 Å². The summed E-state index contributed by atoms with van der Waals surface area (Å²) in [6.07, 6.45) is 3.90. The fraction of sp³-hybridized carbons (Fsp3) is 0.429. The van der Waals surface area contributed by atoms with Crippen LogP contribution in [0.4, 0.5) is 0 Å². The van der Waals surface area contributed by atoms with Crippen LogP contribution in [0.1, 0.15) is 19.3 Å². The zero-order chi connectivity index (χ0) is 13.9. The number of fused-ring (bicyclic) bond motifs is 1. The maximum absolute atomic E-state index is 12.3. The van der Waals surface area contributed by atoms with E-state index in [4.69, 9.17) is 0 Å². The summed E-state index contributed by atoms with van der Waals surface area (Å²) in [5.41, 5.74) is 0.435. The van der Waals surface area contributed by atoms with Crippen LogP contribution >= 0.6 is 0 Å². The summed E-state index contributed by atoms with van der Waals surface area (Å²) in [4.78, 5) is 25.4. The summed E-state index contributed by atoms with van der Waals surface area (Å²) in [5.74, 6) is 0. The molecular weight excluding hydrogens is 256 g/mol. The smallest absolute Gasteiger partial charge is 0.278 e. The zero-order valence-corrected chi connectivity index (χ0v) is 11.1. The third-order valence-corrected chi connectivity index (χ3v) is 3.77. The van der Waals surface area contributed by atoms with Crippen molar-refractivity contribution in [3.63, 3.8) is 0 Å². The molecule has 20 heavy (non-hydrogen) atoms. The number of hydrogen-bond acceptors (Lipinski definition) is 5. The Morgan fingerprint density at radius 2 is 2.15 bits per heavy atom. The quantitative estimate of drug-likeness (QED) is 0.773. The van der Waals surface area contributed by atoms with Gasteiger partial charge in [-0.05, 0) is 25.0 Å². The normalized spacial score (nSPS) is 20.1. The number of aromatic nitrogens is 3. The minimum absolute atomic E-state index is 0.121. The highest BCUT2D eigenvalue weighted by atomic mass is 16.1. The van der Waals surface area contributed by atoms with E-state index < -0.39 is 0 Å². The monoisotopic (exact) mass is 272 g/mol. The molecule has 0 radical (unpaired) electrons. The van der Waals surface area contributed by atoms with Crippen LogP contribution in [-0.2, 0) is 11.5 Å².